The van der Waals surface area contributed by atoms with Gasteiger partial charge in [0.25, 0.3) is 5.91 Å². The number of amides is 1. The number of ether oxygens (including phenoxy) is 1. The lowest BCUT2D eigenvalue weighted by Gasteiger charge is -2.34. The van der Waals surface area contributed by atoms with Gasteiger partial charge in [0.15, 0.2) is 6.10 Å². The number of aryl methyl sites for hydroxylation is 1. The maximum absolute atomic E-state index is 12.6. The van der Waals surface area contributed by atoms with Crippen molar-refractivity contribution in [2.75, 3.05) is 42.1 Å². The van der Waals surface area contributed by atoms with E-state index in [1.807, 2.05) is 50.4 Å². The van der Waals surface area contributed by atoms with Crippen LogP contribution in [0.1, 0.15) is 12.0 Å². The number of sulfonamides is 1. The number of carbonyl (C=O) groups is 1. The highest BCUT2D eigenvalue weighted by Gasteiger charge is 2.34. The predicted octanol–water partition coefficient (Wildman–Crippen LogP) is 2.16. The molecule has 0 aliphatic carbocycles. The second-order valence-electron chi connectivity index (χ2n) is 7.27. The van der Waals surface area contributed by atoms with Gasteiger partial charge in [-0.1, -0.05) is 24.3 Å². The van der Waals surface area contributed by atoms with Crippen LogP contribution >= 0.6 is 0 Å². The smallest absolute Gasteiger partial charge is 0.263 e. The number of hydrogen-bond acceptors (Lipinski definition) is 5. The summed E-state index contributed by atoms with van der Waals surface area (Å²) in [6.07, 6.45) is 1.01. The van der Waals surface area contributed by atoms with Crippen LogP contribution in [0.15, 0.2) is 48.5 Å². The molecule has 2 aromatic rings. The first-order chi connectivity index (χ1) is 13.8. The molecule has 0 radical (unpaired) electrons. The van der Waals surface area contributed by atoms with E-state index in [1.165, 1.54) is 4.31 Å². The Morgan fingerprint density at radius 1 is 1.24 bits per heavy atom. The van der Waals surface area contributed by atoms with Crippen LogP contribution in [-0.4, -0.2) is 53.4 Å². The Morgan fingerprint density at radius 3 is 2.66 bits per heavy atom. The molecular formula is C21H27N3O4S. The minimum atomic E-state index is -3.52. The molecule has 0 aromatic heterocycles. The molecule has 0 unspecified atom stereocenters. The fourth-order valence-electron chi connectivity index (χ4n) is 3.27. The average molecular weight is 418 g/mol. The molecule has 7 nitrogen and oxygen atoms in total. The van der Waals surface area contributed by atoms with E-state index in [4.69, 9.17) is 4.74 Å². The largest absolute Gasteiger partial charge is 0.476 e. The predicted molar refractivity (Wildman–Crippen MR) is 115 cm³/mol. The van der Waals surface area contributed by atoms with Gasteiger partial charge in [0.1, 0.15) is 5.75 Å². The molecule has 1 heterocycles. The zero-order valence-corrected chi connectivity index (χ0v) is 17.8. The summed E-state index contributed by atoms with van der Waals surface area (Å²) in [5.41, 5.74) is 2.51. The Hall–Kier alpha value is -2.74. The molecule has 1 aliphatic heterocycles. The van der Waals surface area contributed by atoms with Crippen molar-refractivity contribution in [1.82, 2.24) is 5.32 Å². The highest BCUT2D eigenvalue weighted by molar-refractivity contribution is 7.92. The van der Waals surface area contributed by atoms with Crippen molar-refractivity contribution >= 4 is 27.3 Å². The molecule has 0 fully saturated rings. The quantitative estimate of drug-likeness (QED) is 0.699. The summed E-state index contributed by atoms with van der Waals surface area (Å²) >= 11 is 0. The van der Waals surface area contributed by atoms with Crippen LogP contribution < -0.4 is 19.3 Å². The Kier molecular flexibility index (Phi) is 6.32. The molecule has 1 aliphatic rings. The zero-order valence-electron chi connectivity index (χ0n) is 17.0. The molecule has 1 amide bonds. The fourth-order valence-corrected chi connectivity index (χ4v) is 4.17. The number of fused-ring (bicyclic) bond motifs is 1. The van der Waals surface area contributed by atoms with Gasteiger partial charge in [-0.2, -0.15) is 0 Å². The van der Waals surface area contributed by atoms with Crippen LogP contribution in [0, 0.1) is 6.92 Å². The number of rotatable bonds is 7. The van der Waals surface area contributed by atoms with Crippen molar-refractivity contribution in [3.63, 3.8) is 0 Å². The second-order valence-corrected chi connectivity index (χ2v) is 9.18. The van der Waals surface area contributed by atoms with Gasteiger partial charge in [0.2, 0.25) is 10.0 Å². The molecule has 0 spiro atoms. The van der Waals surface area contributed by atoms with Crippen LogP contribution in [0.25, 0.3) is 0 Å². The second kappa shape index (κ2) is 8.73. The highest BCUT2D eigenvalue weighted by Crippen LogP contribution is 2.35. The summed E-state index contributed by atoms with van der Waals surface area (Å²) in [5.74, 6) is 0.0866. The molecule has 2 aromatic carbocycles. The summed E-state index contributed by atoms with van der Waals surface area (Å²) in [6.45, 7) is 3.11. The van der Waals surface area contributed by atoms with Crippen LogP contribution in [0.3, 0.4) is 0 Å². The first kappa shape index (κ1) is 21.0. The van der Waals surface area contributed by atoms with Crippen molar-refractivity contribution in [2.45, 2.75) is 19.4 Å². The van der Waals surface area contributed by atoms with Gasteiger partial charge >= 0.3 is 0 Å². The summed E-state index contributed by atoms with van der Waals surface area (Å²) in [5, 5.41) is 2.86. The zero-order chi connectivity index (χ0) is 21.0. The normalized spacial score (nSPS) is 16.0. The SMILES string of the molecule is Cc1ccc2c(c1)N(S(C)(=O)=O)C[C@H](C(=O)NCCCN(C)c1ccccc1)O2. The van der Waals surface area contributed by atoms with Gasteiger partial charge in [0.05, 0.1) is 18.5 Å². The highest BCUT2D eigenvalue weighted by atomic mass is 32.2. The van der Waals surface area contributed by atoms with Crippen molar-refractivity contribution in [2.24, 2.45) is 0 Å². The molecule has 1 atom stereocenters. The van der Waals surface area contributed by atoms with E-state index < -0.39 is 16.1 Å². The molecule has 8 heteroatoms. The maximum atomic E-state index is 12.6. The van der Waals surface area contributed by atoms with Gasteiger partial charge in [-0.25, -0.2) is 8.42 Å². The number of benzene rings is 2. The van der Waals surface area contributed by atoms with E-state index >= 15 is 0 Å². The van der Waals surface area contributed by atoms with Gasteiger partial charge in [-0.3, -0.25) is 9.10 Å². The molecule has 29 heavy (non-hydrogen) atoms. The molecule has 3 rings (SSSR count). The van der Waals surface area contributed by atoms with Crippen LogP contribution in [-0.2, 0) is 14.8 Å². The third kappa shape index (κ3) is 5.20. The van der Waals surface area contributed by atoms with Crippen LogP contribution in [0.2, 0.25) is 0 Å². The van der Waals surface area contributed by atoms with Gasteiger partial charge < -0.3 is 15.0 Å². The molecular weight excluding hydrogens is 390 g/mol. The van der Waals surface area contributed by atoms with Crippen molar-refractivity contribution in [3.8, 4) is 5.75 Å². The summed E-state index contributed by atoms with van der Waals surface area (Å²) in [6, 6.07) is 15.3. The Morgan fingerprint density at radius 2 is 1.97 bits per heavy atom. The van der Waals surface area contributed by atoms with Gasteiger partial charge in [0, 0.05) is 25.8 Å². The van der Waals surface area contributed by atoms with E-state index in [1.54, 1.807) is 12.1 Å². The minimum Gasteiger partial charge on any atom is -0.476 e. The number of nitrogens with zero attached hydrogens (tertiary/aromatic N) is 2. The molecule has 0 bridgehead atoms. The van der Waals surface area contributed by atoms with Crippen molar-refractivity contribution < 1.29 is 17.9 Å². The third-order valence-electron chi connectivity index (χ3n) is 4.84. The molecule has 156 valence electrons. The van der Waals surface area contributed by atoms with E-state index in [0.717, 1.165) is 30.5 Å². The molecule has 0 saturated carbocycles. The van der Waals surface area contributed by atoms with Crippen molar-refractivity contribution in [3.05, 3.63) is 54.1 Å². The lowest BCUT2D eigenvalue weighted by molar-refractivity contribution is -0.127. The fraction of sp³-hybridized carbons (Fsp3) is 0.381. The minimum absolute atomic E-state index is 0.0367. The van der Waals surface area contributed by atoms with Gasteiger partial charge in [-0.05, 0) is 43.2 Å². The van der Waals surface area contributed by atoms with E-state index in [0.29, 0.717) is 18.0 Å². The monoisotopic (exact) mass is 417 g/mol. The number of nitrogens with one attached hydrogen (secondary N) is 1. The van der Waals surface area contributed by atoms with E-state index in [-0.39, 0.29) is 12.5 Å². The maximum Gasteiger partial charge on any atom is 0.263 e. The summed E-state index contributed by atoms with van der Waals surface area (Å²) in [7, 11) is -1.52. The average Bonchev–Trinajstić information content (AvgIpc) is 2.70. The standard InChI is InChI=1S/C21H27N3O4S/c1-16-10-11-19-18(14-16)24(29(3,26)27)15-20(28-19)21(25)22-12-7-13-23(2)17-8-5-4-6-9-17/h4-6,8-11,14,20H,7,12-13,15H2,1-3H3,(H,22,25)/t20-/m1/s1. The van der Waals surface area contributed by atoms with Gasteiger partial charge in [-0.15, -0.1) is 0 Å². The first-order valence-corrected chi connectivity index (χ1v) is 11.4. The Labute approximate surface area is 172 Å². The third-order valence-corrected chi connectivity index (χ3v) is 5.99. The topological polar surface area (TPSA) is 79.0 Å². The summed E-state index contributed by atoms with van der Waals surface area (Å²) in [4.78, 5) is 14.7. The van der Waals surface area contributed by atoms with Crippen molar-refractivity contribution in [1.29, 1.82) is 0 Å². The van der Waals surface area contributed by atoms with Crippen LogP contribution in [0.5, 0.6) is 5.75 Å². The van der Waals surface area contributed by atoms with E-state index in [9.17, 15) is 13.2 Å². The lowest BCUT2D eigenvalue weighted by Crippen LogP contribution is -2.50. The summed E-state index contributed by atoms with van der Waals surface area (Å²) < 4.78 is 31.5. The number of carbonyl (C=O) groups excluding carboxylic acids is 1. The Bertz CT molecular complexity index is 963. The molecule has 1 N–H and O–H groups in total. The first-order valence-electron chi connectivity index (χ1n) is 9.54. The van der Waals surface area contributed by atoms with E-state index in [2.05, 4.69) is 10.2 Å². The lowest BCUT2D eigenvalue weighted by atomic mass is 10.1. The molecule has 0 saturated heterocycles. The number of anilines is 2. The van der Waals surface area contributed by atoms with Crippen LogP contribution in [0.4, 0.5) is 11.4 Å². The Balaban J connectivity index is 1.58. The number of hydrogen-bond donors (Lipinski definition) is 1. The number of para-hydroxylation sites is 1.